The maximum atomic E-state index is 13.2. The van der Waals surface area contributed by atoms with E-state index in [-0.39, 0.29) is 5.91 Å². The molecule has 6 heteroatoms. The van der Waals surface area contributed by atoms with E-state index in [1.807, 2.05) is 81.4 Å². The molecule has 0 aliphatic carbocycles. The molecule has 1 amide bonds. The third kappa shape index (κ3) is 4.16. The Bertz CT molecular complexity index is 1150. The lowest BCUT2D eigenvalue weighted by Gasteiger charge is -2.21. The molecule has 0 aliphatic rings. The van der Waals surface area contributed by atoms with Gasteiger partial charge in [-0.15, -0.1) is 5.10 Å². The number of rotatable bonds is 5. The largest absolute Gasteiger partial charge is 0.327 e. The van der Waals surface area contributed by atoms with Gasteiger partial charge in [-0.05, 0) is 44.5 Å². The quantitative estimate of drug-likeness (QED) is 0.523. The number of hydrogen-bond acceptors (Lipinski definition) is 4. The summed E-state index contributed by atoms with van der Waals surface area (Å²) in [4.78, 5) is 24.0. The summed E-state index contributed by atoms with van der Waals surface area (Å²) in [6.07, 6.45) is 0. The summed E-state index contributed by atoms with van der Waals surface area (Å²) in [6, 6.07) is 19.5. The second kappa shape index (κ2) is 7.83. The molecule has 4 aromatic rings. The first-order chi connectivity index (χ1) is 14.0. The first-order valence-corrected chi connectivity index (χ1v) is 9.59. The fourth-order valence-corrected chi connectivity index (χ4v) is 3.33. The molecule has 29 heavy (non-hydrogen) atoms. The van der Waals surface area contributed by atoms with Gasteiger partial charge in [-0.2, -0.15) is 4.98 Å². The lowest BCUT2D eigenvalue weighted by atomic mass is 10.1. The summed E-state index contributed by atoms with van der Waals surface area (Å²) < 4.78 is 1.72. The molecule has 0 unspecified atom stereocenters. The van der Waals surface area contributed by atoms with Crippen molar-refractivity contribution in [1.29, 1.82) is 0 Å². The van der Waals surface area contributed by atoms with Crippen LogP contribution in [0.4, 0.5) is 0 Å². The molecule has 0 saturated heterocycles. The maximum Gasteiger partial charge on any atom is 0.254 e. The molecule has 2 aromatic heterocycles. The van der Waals surface area contributed by atoms with Crippen molar-refractivity contribution in [2.24, 2.45) is 0 Å². The van der Waals surface area contributed by atoms with Crippen LogP contribution in [0.1, 0.15) is 38.7 Å². The predicted molar refractivity (Wildman–Crippen MR) is 111 cm³/mol. The fourth-order valence-electron chi connectivity index (χ4n) is 3.33. The molecule has 0 aliphatic heterocycles. The average Bonchev–Trinajstić information content (AvgIpc) is 3.11. The van der Waals surface area contributed by atoms with Gasteiger partial charge in [-0.3, -0.25) is 4.79 Å². The van der Waals surface area contributed by atoms with Gasteiger partial charge in [0.15, 0.2) is 5.82 Å². The number of carbonyl (C=O) groups is 1. The molecule has 0 bridgehead atoms. The summed E-state index contributed by atoms with van der Waals surface area (Å²) in [5.74, 6) is 1.08. The van der Waals surface area contributed by atoms with Gasteiger partial charge in [0, 0.05) is 23.5 Å². The number of carbonyl (C=O) groups excluding carboxylic acids is 1. The molecule has 0 saturated carbocycles. The number of aromatic nitrogens is 4. The van der Waals surface area contributed by atoms with Crippen LogP contribution >= 0.6 is 0 Å². The average molecular weight is 385 g/mol. The Kier molecular flexibility index (Phi) is 5.08. The number of amides is 1. The molecule has 2 heterocycles. The Balaban J connectivity index is 1.67. The topological polar surface area (TPSA) is 63.4 Å². The van der Waals surface area contributed by atoms with E-state index in [4.69, 9.17) is 0 Å². The van der Waals surface area contributed by atoms with Crippen molar-refractivity contribution in [1.82, 2.24) is 24.5 Å². The third-order valence-corrected chi connectivity index (χ3v) is 4.80. The summed E-state index contributed by atoms with van der Waals surface area (Å²) in [5.41, 5.74) is 4.69. The smallest absolute Gasteiger partial charge is 0.254 e. The minimum atomic E-state index is -0.0476. The van der Waals surface area contributed by atoms with Crippen LogP contribution in [0.3, 0.4) is 0 Å². The van der Waals surface area contributed by atoms with Crippen molar-refractivity contribution in [3.8, 4) is 0 Å². The number of aryl methyl sites for hydroxylation is 3. The highest BCUT2D eigenvalue weighted by Gasteiger charge is 2.19. The highest BCUT2D eigenvalue weighted by molar-refractivity contribution is 5.94. The Morgan fingerprint density at radius 2 is 1.66 bits per heavy atom. The number of fused-ring (bicyclic) bond motifs is 1. The maximum absolute atomic E-state index is 13.2. The number of nitrogens with zero attached hydrogens (tertiary/aromatic N) is 5. The minimum Gasteiger partial charge on any atom is -0.327 e. The van der Waals surface area contributed by atoms with E-state index in [1.165, 1.54) is 0 Å². The summed E-state index contributed by atoms with van der Waals surface area (Å²) in [7, 11) is 0. The van der Waals surface area contributed by atoms with Crippen LogP contribution < -0.4 is 0 Å². The van der Waals surface area contributed by atoms with Gasteiger partial charge >= 0.3 is 0 Å². The van der Waals surface area contributed by atoms with Gasteiger partial charge in [0.05, 0.1) is 6.54 Å². The molecule has 4 rings (SSSR count). The second-order valence-corrected chi connectivity index (χ2v) is 7.29. The van der Waals surface area contributed by atoms with Crippen LogP contribution in [0.5, 0.6) is 0 Å². The summed E-state index contributed by atoms with van der Waals surface area (Å²) >= 11 is 0. The van der Waals surface area contributed by atoms with Crippen molar-refractivity contribution in [2.75, 3.05) is 0 Å². The number of hydrogen-bond donors (Lipinski definition) is 0. The first kappa shape index (κ1) is 18.8. The summed E-state index contributed by atoms with van der Waals surface area (Å²) in [6.45, 7) is 6.70. The van der Waals surface area contributed by atoms with Crippen LogP contribution in [0.2, 0.25) is 0 Å². The van der Waals surface area contributed by atoms with Gasteiger partial charge in [0.2, 0.25) is 0 Å². The SMILES string of the molecule is Cc1ccc(C(=O)N(Cc2ccccc2)Cc2nc3nc(C)cc(C)n3n2)cc1. The van der Waals surface area contributed by atoms with Crippen molar-refractivity contribution in [3.63, 3.8) is 0 Å². The van der Waals surface area contributed by atoms with Crippen molar-refractivity contribution in [3.05, 3.63) is 94.6 Å². The van der Waals surface area contributed by atoms with Crippen LogP contribution in [0.25, 0.3) is 5.78 Å². The summed E-state index contributed by atoms with van der Waals surface area (Å²) in [5, 5.41) is 4.57. The van der Waals surface area contributed by atoms with E-state index in [0.717, 1.165) is 22.5 Å². The molecule has 0 spiro atoms. The molecule has 6 nitrogen and oxygen atoms in total. The fraction of sp³-hybridized carbons (Fsp3) is 0.217. The highest BCUT2D eigenvalue weighted by Crippen LogP contribution is 2.15. The normalized spacial score (nSPS) is 11.0. The zero-order chi connectivity index (χ0) is 20.4. The van der Waals surface area contributed by atoms with E-state index in [0.29, 0.717) is 30.3 Å². The van der Waals surface area contributed by atoms with Crippen LogP contribution in [0.15, 0.2) is 60.7 Å². The Labute approximate surface area is 169 Å². The van der Waals surface area contributed by atoms with Gasteiger partial charge in [0.1, 0.15) is 0 Å². The van der Waals surface area contributed by atoms with Crippen LogP contribution in [0, 0.1) is 20.8 Å². The zero-order valence-corrected chi connectivity index (χ0v) is 16.8. The molecule has 0 fully saturated rings. The molecule has 2 aromatic carbocycles. The van der Waals surface area contributed by atoms with E-state index >= 15 is 0 Å². The molecular formula is C23H23N5O. The van der Waals surface area contributed by atoms with Crippen LogP contribution in [-0.2, 0) is 13.1 Å². The van der Waals surface area contributed by atoms with E-state index < -0.39 is 0 Å². The minimum absolute atomic E-state index is 0.0476. The van der Waals surface area contributed by atoms with Crippen LogP contribution in [-0.4, -0.2) is 30.4 Å². The van der Waals surface area contributed by atoms with Crippen molar-refractivity contribution in [2.45, 2.75) is 33.9 Å². The monoisotopic (exact) mass is 385 g/mol. The Hall–Kier alpha value is -3.54. The lowest BCUT2D eigenvalue weighted by molar-refractivity contribution is 0.0725. The van der Waals surface area contributed by atoms with Gasteiger partial charge in [-0.1, -0.05) is 48.0 Å². The van der Waals surface area contributed by atoms with Crippen molar-refractivity contribution < 1.29 is 4.79 Å². The molecule has 0 N–H and O–H groups in total. The van der Waals surface area contributed by atoms with Gasteiger partial charge in [-0.25, -0.2) is 9.50 Å². The number of benzene rings is 2. The Morgan fingerprint density at radius 1 is 0.931 bits per heavy atom. The van der Waals surface area contributed by atoms with E-state index in [2.05, 4.69) is 15.1 Å². The first-order valence-electron chi connectivity index (χ1n) is 9.59. The standard InChI is InChI=1S/C23H23N5O/c1-16-9-11-20(12-10-16)22(29)27(14-19-7-5-4-6-8-19)15-21-25-23-24-17(2)13-18(3)28(23)26-21/h4-13H,14-15H2,1-3H3. The Morgan fingerprint density at radius 3 is 2.38 bits per heavy atom. The lowest BCUT2D eigenvalue weighted by Crippen LogP contribution is -2.30. The second-order valence-electron chi connectivity index (χ2n) is 7.29. The van der Waals surface area contributed by atoms with E-state index in [1.54, 1.807) is 9.42 Å². The third-order valence-electron chi connectivity index (χ3n) is 4.80. The highest BCUT2D eigenvalue weighted by atomic mass is 16.2. The molecule has 0 atom stereocenters. The molecule has 0 radical (unpaired) electrons. The zero-order valence-electron chi connectivity index (χ0n) is 16.8. The predicted octanol–water partition coefficient (Wildman–Crippen LogP) is 3.89. The molecular weight excluding hydrogens is 362 g/mol. The van der Waals surface area contributed by atoms with Crippen molar-refractivity contribution >= 4 is 11.7 Å². The van der Waals surface area contributed by atoms with Gasteiger partial charge in [0.25, 0.3) is 11.7 Å². The van der Waals surface area contributed by atoms with E-state index in [9.17, 15) is 4.79 Å². The van der Waals surface area contributed by atoms with Gasteiger partial charge < -0.3 is 4.90 Å². The molecule has 146 valence electrons.